The predicted octanol–water partition coefficient (Wildman–Crippen LogP) is 3.72. The molecule has 2 fully saturated rings. The zero-order valence-corrected chi connectivity index (χ0v) is 11.7. The van der Waals surface area contributed by atoms with Gasteiger partial charge in [0.15, 0.2) is 0 Å². The molecule has 3 rings (SSSR count). The first-order valence-corrected chi connectivity index (χ1v) is 7.31. The molecule has 0 aliphatic heterocycles. The molecule has 92 valence electrons. The minimum atomic E-state index is 0.596. The topological polar surface area (TPSA) is 37.8 Å². The van der Waals surface area contributed by atoms with Gasteiger partial charge in [-0.05, 0) is 54.0 Å². The third-order valence-corrected chi connectivity index (χ3v) is 4.11. The number of nitrogens with one attached hydrogen (secondary N) is 1. The zero-order valence-electron chi connectivity index (χ0n) is 10.1. The second-order valence-corrected chi connectivity index (χ2v) is 6.28. The first-order valence-electron chi connectivity index (χ1n) is 6.51. The summed E-state index contributed by atoms with van der Waals surface area (Å²) in [4.78, 5) is 9.08. The monoisotopic (exact) mass is 295 g/mol. The van der Waals surface area contributed by atoms with Gasteiger partial charge in [-0.3, -0.25) is 0 Å². The smallest absolute Gasteiger partial charge is 0.135 e. The van der Waals surface area contributed by atoms with E-state index in [-0.39, 0.29) is 0 Å². The molecule has 1 heterocycles. The average Bonchev–Trinajstić information content (AvgIpc) is 3.03. The van der Waals surface area contributed by atoms with Crippen LogP contribution in [0.2, 0.25) is 0 Å². The molecule has 2 atom stereocenters. The van der Waals surface area contributed by atoms with Gasteiger partial charge in [0.05, 0.1) is 0 Å². The van der Waals surface area contributed by atoms with E-state index in [1.807, 2.05) is 6.07 Å². The second kappa shape index (κ2) is 4.56. The van der Waals surface area contributed by atoms with E-state index >= 15 is 0 Å². The SMILES string of the molecule is CC1CCC(Nc2cc(Br)nc(C3CC3)n2)C1. The normalized spacial score (nSPS) is 28.4. The van der Waals surface area contributed by atoms with E-state index in [9.17, 15) is 0 Å². The number of hydrogen-bond acceptors (Lipinski definition) is 3. The molecular weight excluding hydrogens is 278 g/mol. The molecule has 1 aromatic heterocycles. The second-order valence-electron chi connectivity index (χ2n) is 5.47. The van der Waals surface area contributed by atoms with Gasteiger partial charge in [0, 0.05) is 18.0 Å². The summed E-state index contributed by atoms with van der Waals surface area (Å²) >= 11 is 3.48. The van der Waals surface area contributed by atoms with Gasteiger partial charge in [-0.1, -0.05) is 6.92 Å². The van der Waals surface area contributed by atoms with Crippen molar-refractivity contribution >= 4 is 21.7 Å². The maximum absolute atomic E-state index is 4.63. The van der Waals surface area contributed by atoms with Crippen LogP contribution in [0.4, 0.5) is 5.82 Å². The standard InChI is InChI=1S/C13H18BrN3/c1-8-2-5-10(6-8)15-12-7-11(14)16-13(17-12)9-3-4-9/h7-10H,2-6H2,1H3,(H,15,16,17). The molecule has 0 saturated heterocycles. The van der Waals surface area contributed by atoms with Gasteiger partial charge >= 0.3 is 0 Å². The van der Waals surface area contributed by atoms with Crippen molar-refractivity contribution in [3.63, 3.8) is 0 Å². The van der Waals surface area contributed by atoms with Crippen molar-refractivity contribution in [2.75, 3.05) is 5.32 Å². The Labute approximate surface area is 111 Å². The first-order chi connectivity index (χ1) is 8.20. The van der Waals surface area contributed by atoms with E-state index in [0.29, 0.717) is 12.0 Å². The minimum absolute atomic E-state index is 0.596. The number of rotatable bonds is 3. The Balaban J connectivity index is 1.73. The predicted molar refractivity (Wildman–Crippen MR) is 72.1 cm³/mol. The summed E-state index contributed by atoms with van der Waals surface area (Å²) in [6, 6.07) is 2.59. The van der Waals surface area contributed by atoms with Gasteiger partial charge in [0.1, 0.15) is 16.2 Å². The van der Waals surface area contributed by atoms with Gasteiger partial charge in [0.2, 0.25) is 0 Å². The third-order valence-electron chi connectivity index (χ3n) is 3.70. The summed E-state index contributed by atoms with van der Waals surface area (Å²) in [6.07, 6.45) is 6.36. The summed E-state index contributed by atoms with van der Waals surface area (Å²) in [5, 5.41) is 3.55. The van der Waals surface area contributed by atoms with Crippen molar-refractivity contribution in [3.05, 3.63) is 16.5 Å². The highest BCUT2D eigenvalue weighted by atomic mass is 79.9. The van der Waals surface area contributed by atoms with Crippen LogP contribution in [0.1, 0.15) is 50.8 Å². The fourth-order valence-electron chi connectivity index (χ4n) is 2.58. The number of aromatic nitrogens is 2. The molecule has 0 bridgehead atoms. The Morgan fingerprint density at radius 1 is 1.24 bits per heavy atom. The Morgan fingerprint density at radius 2 is 2.06 bits per heavy atom. The lowest BCUT2D eigenvalue weighted by atomic mass is 10.1. The molecule has 3 nitrogen and oxygen atoms in total. The van der Waals surface area contributed by atoms with Crippen LogP contribution in [0.15, 0.2) is 10.7 Å². The molecular formula is C13H18BrN3. The average molecular weight is 296 g/mol. The molecule has 0 aromatic carbocycles. The Morgan fingerprint density at radius 3 is 2.71 bits per heavy atom. The fraction of sp³-hybridized carbons (Fsp3) is 0.692. The number of hydrogen-bond donors (Lipinski definition) is 1. The number of halogens is 1. The third kappa shape index (κ3) is 2.79. The van der Waals surface area contributed by atoms with Crippen LogP contribution in [-0.2, 0) is 0 Å². The van der Waals surface area contributed by atoms with Crippen LogP contribution in [0.3, 0.4) is 0 Å². The first kappa shape index (κ1) is 11.5. The van der Waals surface area contributed by atoms with E-state index in [2.05, 4.69) is 38.1 Å². The highest BCUT2D eigenvalue weighted by molar-refractivity contribution is 9.10. The van der Waals surface area contributed by atoms with Crippen molar-refractivity contribution in [1.82, 2.24) is 9.97 Å². The molecule has 1 N–H and O–H groups in total. The maximum atomic E-state index is 4.63. The Hall–Kier alpha value is -0.640. The minimum Gasteiger partial charge on any atom is -0.367 e. The van der Waals surface area contributed by atoms with Gasteiger partial charge in [-0.2, -0.15) is 0 Å². The summed E-state index contributed by atoms with van der Waals surface area (Å²) in [5.74, 6) is 3.46. The summed E-state index contributed by atoms with van der Waals surface area (Å²) in [6.45, 7) is 2.33. The van der Waals surface area contributed by atoms with E-state index < -0.39 is 0 Å². The van der Waals surface area contributed by atoms with E-state index in [4.69, 9.17) is 0 Å². The molecule has 2 unspecified atom stereocenters. The largest absolute Gasteiger partial charge is 0.367 e. The summed E-state index contributed by atoms with van der Waals surface area (Å²) in [7, 11) is 0. The molecule has 0 amide bonds. The van der Waals surface area contributed by atoms with Gasteiger partial charge in [0.25, 0.3) is 0 Å². The van der Waals surface area contributed by atoms with Gasteiger partial charge in [-0.15, -0.1) is 0 Å². The quantitative estimate of drug-likeness (QED) is 0.864. The molecule has 0 spiro atoms. The van der Waals surface area contributed by atoms with Crippen LogP contribution in [0.25, 0.3) is 0 Å². The van der Waals surface area contributed by atoms with E-state index in [0.717, 1.165) is 22.2 Å². The van der Waals surface area contributed by atoms with Crippen molar-refractivity contribution in [3.8, 4) is 0 Å². The highest BCUT2D eigenvalue weighted by Gasteiger charge is 2.28. The van der Waals surface area contributed by atoms with E-state index in [1.54, 1.807) is 0 Å². The van der Waals surface area contributed by atoms with Gasteiger partial charge in [-0.25, -0.2) is 9.97 Å². The van der Waals surface area contributed by atoms with Crippen LogP contribution < -0.4 is 5.32 Å². The fourth-order valence-corrected chi connectivity index (χ4v) is 2.98. The molecule has 1 aromatic rings. The number of anilines is 1. The van der Waals surface area contributed by atoms with Gasteiger partial charge < -0.3 is 5.32 Å². The van der Waals surface area contributed by atoms with Crippen molar-refractivity contribution in [1.29, 1.82) is 0 Å². The van der Waals surface area contributed by atoms with Crippen LogP contribution >= 0.6 is 15.9 Å². The molecule has 0 radical (unpaired) electrons. The highest BCUT2D eigenvalue weighted by Crippen LogP contribution is 2.39. The molecule has 17 heavy (non-hydrogen) atoms. The summed E-state index contributed by atoms with van der Waals surface area (Å²) < 4.78 is 0.906. The molecule has 2 aliphatic rings. The molecule has 4 heteroatoms. The lowest BCUT2D eigenvalue weighted by molar-refractivity contribution is 0.602. The summed E-state index contributed by atoms with van der Waals surface area (Å²) in [5.41, 5.74) is 0. The van der Waals surface area contributed by atoms with Crippen molar-refractivity contribution in [2.45, 2.75) is 51.0 Å². The maximum Gasteiger partial charge on any atom is 0.135 e. The van der Waals surface area contributed by atoms with Crippen molar-refractivity contribution < 1.29 is 0 Å². The van der Waals surface area contributed by atoms with E-state index in [1.165, 1.54) is 32.1 Å². The Kier molecular flexibility index (Phi) is 3.07. The molecule has 2 aliphatic carbocycles. The zero-order chi connectivity index (χ0) is 11.8. The lowest BCUT2D eigenvalue weighted by Crippen LogP contribution is -2.17. The van der Waals surface area contributed by atoms with Crippen LogP contribution in [0, 0.1) is 5.92 Å². The van der Waals surface area contributed by atoms with Crippen LogP contribution in [-0.4, -0.2) is 16.0 Å². The van der Waals surface area contributed by atoms with Crippen molar-refractivity contribution in [2.24, 2.45) is 5.92 Å². The van der Waals surface area contributed by atoms with Crippen LogP contribution in [0.5, 0.6) is 0 Å². The lowest BCUT2D eigenvalue weighted by Gasteiger charge is -2.14. The number of nitrogens with zero attached hydrogens (tertiary/aromatic N) is 2. The molecule has 2 saturated carbocycles. The Bertz CT molecular complexity index is 417.